The molecule has 0 aliphatic heterocycles. The fraction of sp³-hybridized carbons (Fsp3) is 0.0714. The Morgan fingerprint density at radius 2 is 1.83 bits per heavy atom. The fourth-order valence-corrected chi connectivity index (χ4v) is 2.02. The van der Waals surface area contributed by atoms with Gasteiger partial charge < -0.3 is 5.73 Å². The van der Waals surface area contributed by atoms with E-state index in [1.807, 2.05) is 24.3 Å². The first-order valence-electron chi connectivity index (χ1n) is 5.39. The summed E-state index contributed by atoms with van der Waals surface area (Å²) in [6, 6.07) is 11.9. The van der Waals surface area contributed by atoms with Crippen LogP contribution in [0.5, 0.6) is 0 Å². The number of carbonyl (C=O) groups excluding carboxylic acids is 1. The van der Waals surface area contributed by atoms with Crippen LogP contribution in [0.15, 0.2) is 42.5 Å². The molecule has 0 bridgehead atoms. The molecule has 0 aliphatic rings. The minimum absolute atomic E-state index is 0.0759. The summed E-state index contributed by atoms with van der Waals surface area (Å²) in [6.45, 7) is 0. The third-order valence-electron chi connectivity index (χ3n) is 2.63. The van der Waals surface area contributed by atoms with Crippen LogP contribution in [0.4, 0.5) is 10.1 Å². The van der Waals surface area contributed by atoms with Crippen LogP contribution >= 0.6 is 22.6 Å². The van der Waals surface area contributed by atoms with E-state index in [2.05, 4.69) is 22.6 Å². The van der Waals surface area contributed by atoms with Gasteiger partial charge in [-0.3, -0.25) is 4.79 Å². The number of ketones is 1. The standard InChI is InChI=1S/C14H11FINO/c15-12-3-1-2-11(14(12)17)13(18)8-9-4-6-10(16)7-5-9/h1-7H,8,17H2. The van der Waals surface area contributed by atoms with Gasteiger partial charge in [0.25, 0.3) is 0 Å². The number of nitrogens with two attached hydrogens (primary N) is 1. The lowest BCUT2D eigenvalue weighted by molar-refractivity contribution is 0.0993. The summed E-state index contributed by atoms with van der Waals surface area (Å²) in [5, 5.41) is 0. The molecule has 18 heavy (non-hydrogen) atoms. The third kappa shape index (κ3) is 2.87. The van der Waals surface area contributed by atoms with Gasteiger partial charge in [0.2, 0.25) is 0 Å². The highest BCUT2D eigenvalue weighted by atomic mass is 127. The molecule has 0 aliphatic carbocycles. The van der Waals surface area contributed by atoms with E-state index in [-0.39, 0.29) is 23.5 Å². The Bertz CT molecular complexity index is 581. The van der Waals surface area contributed by atoms with Crippen molar-refractivity contribution in [2.45, 2.75) is 6.42 Å². The van der Waals surface area contributed by atoms with Crippen LogP contribution in [-0.4, -0.2) is 5.78 Å². The van der Waals surface area contributed by atoms with Crippen LogP contribution in [-0.2, 0) is 6.42 Å². The number of Topliss-reactive ketones (excluding diaryl/α,β-unsaturated/α-hetero) is 1. The number of anilines is 1. The van der Waals surface area contributed by atoms with Crippen LogP contribution in [0.2, 0.25) is 0 Å². The highest BCUT2D eigenvalue weighted by molar-refractivity contribution is 14.1. The van der Waals surface area contributed by atoms with Gasteiger partial charge in [0, 0.05) is 15.6 Å². The SMILES string of the molecule is Nc1c(F)cccc1C(=O)Cc1ccc(I)cc1. The highest BCUT2D eigenvalue weighted by Crippen LogP contribution is 2.18. The maximum absolute atomic E-state index is 13.3. The second-order valence-corrected chi connectivity index (χ2v) is 5.17. The Balaban J connectivity index is 2.22. The van der Waals surface area contributed by atoms with Crippen molar-refractivity contribution < 1.29 is 9.18 Å². The molecule has 0 spiro atoms. The molecular formula is C14H11FINO. The van der Waals surface area contributed by atoms with Gasteiger partial charge in [-0.05, 0) is 52.4 Å². The van der Waals surface area contributed by atoms with Crippen LogP contribution < -0.4 is 5.73 Å². The van der Waals surface area contributed by atoms with E-state index in [1.54, 1.807) is 6.07 Å². The van der Waals surface area contributed by atoms with Crippen LogP contribution in [0, 0.1) is 9.39 Å². The summed E-state index contributed by atoms with van der Waals surface area (Å²) in [7, 11) is 0. The molecule has 0 saturated carbocycles. The first kappa shape index (κ1) is 13.0. The lowest BCUT2D eigenvalue weighted by atomic mass is 10.0. The Morgan fingerprint density at radius 3 is 2.50 bits per heavy atom. The molecule has 0 radical (unpaired) electrons. The van der Waals surface area contributed by atoms with Crippen molar-refractivity contribution in [1.29, 1.82) is 0 Å². The normalized spacial score (nSPS) is 10.3. The second kappa shape index (κ2) is 5.48. The monoisotopic (exact) mass is 355 g/mol. The Morgan fingerprint density at radius 1 is 1.17 bits per heavy atom. The minimum atomic E-state index is -0.552. The van der Waals surface area contributed by atoms with Gasteiger partial charge in [-0.15, -0.1) is 0 Å². The zero-order valence-electron chi connectivity index (χ0n) is 9.49. The molecule has 2 rings (SSSR count). The summed E-state index contributed by atoms with van der Waals surface area (Å²) in [6.07, 6.45) is 0.227. The van der Waals surface area contributed by atoms with E-state index in [4.69, 9.17) is 5.73 Å². The van der Waals surface area contributed by atoms with Gasteiger partial charge in [-0.2, -0.15) is 0 Å². The number of para-hydroxylation sites is 1. The average Bonchev–Trinajstić information content (AvgIpc) is 2.35. The lowest BCUT2D eigenvalue weighted by Gasteiger charge is -2.05. The maximum Gasteiger partial charge on any atom is 0.169 e. The molecule has 0 aromatic heterocycles. The van der Waals surface area contributed by atoms with Gasteiger partial charge in [-0.1, -0.05) is 18.2 Å². The first-order chi connectivity index (χ1) is 8.58. The van der Waals surface area contributed by atoms with E-state index < -0.39 is 5.82 Å². The zero-order chi connectivity index (χ0) is 13.1. The van der Waals surface area contributed by atoms with Crippen LogP contribution in [0.25, 0.3) is 0 Å². The van der Waals surface area contributed by atoms with Crippen molar-refractivity contribution in [3.05, 3.63) is 63.0 Å². The van der Waals surface area contributed by atoms with Crippen molar-refractivity contribution in [2.75, 3.05) is 5.73 Å². The van der Waals surface area contributed by atoms with Gasteiger partial charge >= 0.3 is 0 Å². The smallest absolute Gasteiger partial charge is 0.169 e. The summed E-state index contributed by atoms with van der Waals surface area (Å²) >= 11 is 2.20. The van der Waals surface area contributed by atoms with Crippen LogP contribution in [0.1, 0.15) is 15.9 Å². The zero-order valence-corrected chi connectivity index (χ0v) is 11.6. The van der Waals surface area contributed by atoms with E-state index in [0.717, 1.165) is 9.13 Å². The first-order valence-corrected chi connectivity index (χ1v) is 6.47. The maximum atomic E-state index is 13.3. The number of hydrogen-bond acceptors (Lipinski definition) is 2. The van der Waals surface area contributed by atoms with Crippen LogP contribution in [0.3, 0.4) is 0 Å². The molecule has 0 heterocycles. The Hall–Kier alpha value is -1.43. The number of nitrogen functional groups attached to an aromatic ring is 1. The van der Waals surface area contributed by atoms with E-state index in [1.165, 1.54) is 12.1 Å². The molecule has 0 atom stereocenters. The van der Waals surface area contributed by atoms with Crippen molar-refractivity contribution in [3.8, 4) is 0 Å². The van der Waals surface area contributed by atoms with Crippen molar-refractivity contribution in [1.82, 2.24) is 0 Å². The molecule has 0 saturated heterocycles. The predicted octanol–water partition coefficient (Wildman–Crippen LogP) is 3.44. The molecule has 2 aromatic rings. The van der Waals surface area contributed by atoms with Gasteiger partial charge in [0.05, 0.1) is 5.69 Å². The summed E-state index contributed by atoms with van der Waals surface area (Å²) < 4.78 is 14.4. The molecule has 0 unspecified atom stereocenters. The van der Waals surface area contributed by atoms with Gasteiger partial charge in [0.1, 0.15) is 5.82 Å². The summed E-state index contributed by atoms with van der Waals surface area (Å²) in [5.41, 5.74) is 6.63. The fourth-order valence-electron chi connectivity index (χ4n) is 1.66. The molecule has 2 N–H and O–H groups in total. The van der Waals surface area contributed by atoms with Crippen molar-refractivity contribution in [2.24, 2.45) is 0 Å². The molecule has 0 fully saturated rings. The number of rotatable bonds is 3. The third-order valence-corrected chi connectivity index (χ3v) is 3.35. The number of benzene rings is 2. The molecule has 92 valence electrons. The van der Waals surface area contributed by atoms with E-state index in [9.17, 15) is 9.18 Å². The molecule has 0 amide bonds. The molecule has 2 aromatic carbocycles. The Labute approximate surface area is 118 Å². The van der Waals surface area contributed by atoms with Crippen molar-refractivity contribution in [3.63, 3.8) is 0 Å². The van der Waals surface area contributed by atoms with Gasteiger partial charge in [-0.25, -0.2) is 4.39 Å². The summed E-state index contributed by atoms with van der Waals surface area (Å²) in [5.74, 6) is -0.725. The van der Waals surface area contributed by atoms with E-state index in [0.29, 0.717) is 0 Å². The topological polar surface area (TPSA) is 43.1 Å². The molecular weight excluding hydrogens is 344 g/mol. The number of carbonyl (C=O) groups is 1. The highest BCUT2D eigenvalue weighted by Gasteiger charge is 2.12. The van der Waals surface area contributed by atoms with Crippen molar-refractivity contribution >= 4 is 34.1 Å². The van der Waals surface area contributed by atoms with E-state index >= 15 is 0 Å². The number of hydrogen-bond donors (Lipinski definition) is 1. The van der Waals surface area contributed by atoms with Gasteiger partial charge in [0.15, 0.2) is 5.78 Å². The number of halogens is 2. The minimum Gasteiger partial charge on any atom is -0.396 e. The second-order valence-electron chi connectivity index (χ2n) is 3.93. The largest absolute Gasteiger partial charge is 0.396 e. The predicted molar refractivity (Wildman–Crippen MR) is 78.0 cm³/mol. The lowest BCUT2D eigenvalue weighted by Crippen LogP contribution is -2.08. The Kier molecular flexibility index (Phi) is 3.96. The average molecular weight is 355 g/mol. The quantitative estimate of drug-likeness (QED) is 0.521. The molecule has 2 nitrogen and oxygen atoms in total. The summed E-state index contributed by atoms with van der Waals surface area (Å²) in [4.78, 5) is 12.0. The molecule has 4 heteroatoms.